The smallest absolute Gasteiger partial charge is 0.0646 e. The van der Waals surface area contributed by atoms with Crippen LogP contribution in [-0.2, 0) is 11.2 Å². The Balaban J connectivity index is 1.88. The van der Waals surface area contributed by atoms with Gasteiger partial charge in [0.15, 0.2) is 0 Å². The second kappa shape index (κ2) is 5.14. The Morgan fingerprint density at radius 2 is 2.06 bits per heavy atom. The lowest BCUT2D eigenvalue weighted by atomic mass is 10.2. The largest absolute Gasteiger partial charge is 0.397 e. The lowest BCUT2D eigenvalue weighted by Crippen LogP contribution is -2.37. The Morgan fingerprint density at radius 1 is 1.31 bits per heavy atom. The molecule has 16 heavy (non-hydrogen) atoms. The minimum absolute atomic E-state index is 0.618. The fourth-order valence-electron chi connectivity index (χ4n) is 1.82. The van der Waals surface area contributed by atoms with E-state index < -0.39 is 0 Å². The van der Waals surface area contributed by atoms with Crippen LogP contribution in [0.2, 0.25) is 0 Å². The summed E-state index contributed by atoms with van der Waals surface area (Å²) in [6, 6.07) is 1.77. The van der Waals surface area contributed by atoms with Crippen molar-refractivity contribution in [1.82, 2.24) is 9.88 Å². The number of morpholine rings is 1. The van der Waals surface area contributed by atoms with Gasteiger partial charge in [-0.1, -0.05) is 0 Å². The number of nitrogens with two attached hydrogens (primary N) is 2. The third-order valence-corrected chi connectivity index (χ3v) is 2.79. The minimum Gasteiger partial charge on any atom is -0.397 e. The SMILES string of the molecule is Nc1cnc(CCN2CCOCC2)c(N)c1. The molecule has 5 nitrogen and oxygen atoms in total. The first kappa shape index (κ1) is 11.2. The van der Waals surface area contributed by atoms with E-state index in [4.69, 9.17) is 16.2 Å². The third kappa shape index (κ3) is 2.84. The monoisotopic (exact) mass is 222 g/mol. The number of nitrogen functional groups attached to an aromatic ring is 2. The van der Waals surface area contributed by atoms with Crippen LogP contribution >= 0.6 is 0 Å². The van der Waals surface area contributed by atoms with E-state index in [2.05, 4.69) is 9.88 Å². The zero-order valence-corrected chi connectivity index (χ0v) is 9.35. The summed E-state index contributed by atoms with van der Waals surface area (Å²) in [5.41, 5.74) is 13.7. The lowest BCUT2D eigenvalue weighted by molar-refractivity contribution is 0.0383. The van der Waals surface area contributed by atoms with Crippen LogP contribution in [0.25, 0.3) is 0 Å². The first-order valence-electron chi connectivity index (χ1n) is 5.55. The van der Waals surface area contributed by atoms with Crippen LogP contribution in [0.4, 0.5) is 11.4 Å². The number of pyridine rings is 1. The molecule has 0 aromatic carbocycles. The highest BCUT2D eigenvalue weighted by atomic mass is 16.5. The molecule has 0 saturated carbocycles. The standard InChI is InChI=1S/C11H18N4O/c12-9-7-10(13)11(14-8-9)1-2-15-3-5-16-6-4-15/h7-8H,1-6,12-13H2. The van der Waals surface area contributed by atoms with Gasteiger partial charge in [-0.25, -0.2) is 0 Å². The molecule has 0 bridgehead atoms. The first-order valence-corrected chi connectivity index (χ1v) is 5.55. The summed E-state index contributed by atoms with van der Waals surface area (Å²) in [5, 5.41) is 0. The van der Waals surface area contributed by atoms with Crippen molar-refractivity contribution in [2.75, 3.05) is 44.3 Å². The molecule has 5 heteroatoms. The number of ether oxygens (including phenoxy) is 1. The Hall–Kier alpha value is -1.33. The van der Waals surface area contributed by atoms with Gasteiger partial charge >= 0.3 is 0 Å². The van der Waals surface area contributed by atoms with Gasteiger partial charge in [-0.15, -0.1) is 0 Å². The lowest BCUT2D eigenvalue weighted by Gasteiger charge is -2.26. The van der Waals surface area contributed by atoms with Crippen LogP contribution < -0.4 is 11.5 Å². The van der Waals surface area contributed by atoms with Crippen LogP contribution in [-0.4, -0.2) is 42.7 Å². The van der Waals surface area contributed by atoms with Crippen LogP contribution in [0.1, 0.15) is 5.69 Å². The van der Waals surface area contributed by atoms with Gasteiger partial charge < -0.3 is 16.2 Å². The second-order valence-electron chi connectivity index (χ2n) is 4.01. The van der Waals surface area contributed by atoms with Gasteiger partial charge in [-0.3, -0.25) is 9.88 Å². The van der Waals surface area contributed by atoms with Gasteiger partial charge in [-0.05, 0) is 6.07 Å². The van der Waals surface area contributed by atoms with Gasteiger partial charge in [0.1, 0.15) is 0 Å². The van der Waals surface area contributed by atoms with Crippen molar-refractivity contribution in [3.63, 3.8) is 0 Å². The highest BCUT2D eigenvalue weighted by Gasteiger charge is 2.11. The summed E-state index contributed by atoms with van der Waals surface area (Å²) in [7, 11) is 0. The maximum absolute atomic E-state index is 5.85. The third-order valence-electron chi connectivity index (χ3n) is 2.79. The average Bonchev–Trinajstić information content (AvgIpc) is 2.29. The first-order chi connectivity index (χ1) is 7.75. The highest BCUT2D eigenvalue weighted by molar-refractivity contribution is 5.52. The number of nitrogens with zero attached hydrogens (tertiary/aromatic N) is 2. The van der Waals surface area contributed by atoms with Crippen molar-refractivity contribution in [2.45, 2.75) is 6.42 Å². The predicted molar refractivity (Wildman–Crippen MR) is 64.0 cm³/mol. The quantitative estimate of drug-likeness (QED) is 0.759. The van der Waals surface area contributed by atoms with Gasteiger partial charge in [-0.2, -0.15) is 0 Å². The van der Waals surface area contributed by atoms with Crippen LogP contribution in [0.3, 0.4) is 0 Å². The Morgan fingerprint density at radius 3 is 2.75 bits per heavy atom. The average molecular weight is 222 g/mol. The van der Waals surface area contributed by atoms with Crippen molar-refractivity contribution < 1.29 is 4.74 Å². The zero-order chi connectivity index (χ0) is 11.4. The molecule has 1 saturated heterocycles. The summed E-state index contributed by atoms with van der Waals surface area (Å²) < 4.78 is 5.29. The molecule has 1 aliphatic heterocycles. The Labute approximate surface area is 95.4 Å². The summed E-state index contributed by atoms with van der Waals surface area (Å²) in [6.45, 7) is 4.61. The molecule has 1 aromatic rings. The van der Waals surface area contributed by atoms with Crippen LogP contribution in [0.15, 0.2) is 12.3 Å². The van der Waals surface area contributed by atoms with E-state index in [0.29, 0.717) is 11.4 Å². The van der Waals surface area contributed by atoms with Gasteiger partial charge in [0, 0.05) is 26.1 Å². The van der Waals surface area contributed by atoms with E-state index in [9.17, 15) is 0 Å². The van der Waals surface area contributed by atoms with Crippen molar-refractivity contribution in [3.05, 3.63) is 18.0 Å². The topological polar surface area (TPSA) is 77.4 Å². The van der Waals surface area contributed by atoms with E-state index in [1.807, 2.05) is 0 Å². The summed E-state index contributed by atoms with van der Waals surface area (Å²) in [5.74, 6) is 0. The van der Waals surface area contributed by atoms with E-state index in [-0.39, 0.29) is 0 Å². The van der Waals surface area contributed by atoms with Crippen LogP contribution in [0, 0.1) is 0 Å². The van der Waals surface area contributed by atoms with E-state index in [0.717, 1.165) is 45.0 Å². The zero-order valence-electron chi connectivity index (χ0n) is 9.35. The van der Waals surface area contributed by atoms with Crippen molar-refractivity contribution in [2.24, 2.45) is 0 Å². The number of anilines is 2. The maximum Gasteiger partial charge on any atom is 0.0646 e. The minimum atomic E-state index is 0.618. The van der Waals surface area contributed by atoms with Gasteiger partial charge in [0.05, 0.1) is 36.5 Å². The molecule has 1 aromatic heterocycles. The molecule has 0 spiro atoms. The molecule has 0 aliphatic carbocycles. The van der Waals surface area contributed by atoms with Gasteiger partial charge in [0.25, 0.3) is 0 Å². The highest BCUT2D eigenvalue weighted by Crippen LogP contribution is 2.13. The molecule has 1 fully saturated rings. The fourth-order valence-corrected chi connectivity index (χ4v) is 1.82. The predicted octanol–water partition coefficient (Wildman–Crippen LogP) is 0.121. The van der Waals surface area contributed by atoms with Crippen molar-refractivity contribution in [1.29, 1.82) is 0 Å². The molecular formula is C11H18N4O. The normalized spacial score (nSPS) is 17.5. The second-order valence-corrected chi connectivity index (χ2v) is 4.01. The Kier molecular flexibility index (Phi) is 3.58. The number of hydrogen-bond acceptors (Lipinski definition) is 5. The molecule has 0 unspecified atom stereocenters. The number of rotatable bonds is 3. The molecule has 4 N–H and O–H groups in total. The van der Waals surface area contributed by atoms with Gasteiger partial charge in [0.2, 0.25) is 0 Å². The molecule has 2 rings (SSSR count). The molecule has 0 radical (unpaired) electrons. The van der Waals surface area contributed by atoms with Crippen LogP contribution in [0.5, 0.6) is 0 Å². The molecule has 88 valence electrons. The molecule has 0 amide bonds. The summed E-state index contributed by atoms with van der Waals surface area (Å²) in [4.78, 5) is 6.62. The molecule has 0 atom stereocenters. The van der Waals surface area contributed by atoms with E-state index in [1.54, 1.807) is 12.3 Å². The van der Waals surface area contributed by atoms with E-state index >= 15 is 0 Å². The molecular weight excluding hydrogens is 204 g/mol. The van der Waals surface area contributed by atoms with E-state index in [1.165, 1.54) is 0 Å². The van der Waals surface area contributed by atoms with Crippen molar-refractivity contribution >= 4 is 11.4 Å². The number of aromatic nitrogens is 1. The molecule has 2 heterocycles. The maximum atomic E-state index is 5.85. The summed E-state index contributed by atoms with van der Waals surface area (Å²) in [6.07, 6.45) is 2.52. The Bertz CT molecular complexity index is 350. The number of hydrogen-bond donors (Lipinski definition) is 2. The fraction of sp³-hybridized carbons (Fsp3) is 0.545. The molecule has 1 aliphatic rings. The van der Waals surface area contributed by atoms with Crippen molar-refractivity contribution in [3.8, 4) is 0 Å². The summed E-state index contributed by atoms with van der Waals surface area (Å²) >= 11 is 0.